The van der Waals surface area contributed by atoms with Crippen molar-refractivity contribution in [2.45, 2.75) is 13.1 Å². The zero-order valence-corrected chi connectivity index (χ0v) is 12.7. The Bertz CT molecular complexity index is 622. The van der Waals surface area contributed by atoms with E-state index < -0.39 is 0 Å². The topological polar surface area (TPSA) is 45.6 Å². The average molecular weight is 296 g/mol. The smallest absolute Gasteiger partial charge is 0.285 e. The minimum atomic E-state index is 0.198. The minimum absolute atomic E-state index is 0.198. The van der Waals surface area contributed by atoms with Crippen molar-refractivity contribution in [1.82, 2.24) is 4.90 Å². The molecule has 22 heavy (non-hydrogen) atoms. The van der Waals surface area contributed by atoms with Gasteiger partial charge in [-0.15, -0.1) is 0 Å². The van der Waals surface area contributed by atoms with Gasteiger partial charge >= 0.3 is 0 Å². The van der Waals surface area contributed by atoms with Gasteiger partial charge in [0, 0.05) is 20.2 Å². The van der Waals surface area contributed by atoms with E-state index in [4.69, 9.17) is 14.9 Å². The SMILES string of the molecule is COCCOC(=N)N1Cc2ccccc2-c2ccccc2C1. The van der Waals surface area contributed by atoms with Gasteiger partial charge in [-0.25, -0.2) is 0 Å². The second-order valence-corrected chi connectivity index (χ2v) is 5.32. The molecule has 4 nitrogen and oxygen atoms in total. The van der Waals surface area contributed by atoms with Crippen LogP contribution in [0.15, 0.2) is 48.5 Å². The van der Waals surface area contributed by atoms with E-state index in [1.165, 1.54) is 22.3 Å². The molecule has 0 atom stereocenters. The Kier molecular flexibility index (Phi) is 4.39. The van der Waals surface area contributed by atoms with Gasteiger partial charge in [0.15, 0.2) is 0 Å². The van der Waals surface area contributed by atoms with Crippen molar-refractivity contribution >= 4 is 6.02 Å². The summed E-state index contributed by atoms with van der Waals surface area (Å²) in [7, 11) is 1.63. The van der Waals surface area contributed by atoms with Crippen LogP contribution in [0.4, 0.5) is 0 Å². The molecule has 0 spiro atoms. The monoisotopic (exact) mass is 296 g/mol. The van der Waals surface area contributed by atoms with Crippen molar-refractivity contribution in [2.24, 2.45) is 0 Å². The van der Waals surface area contributed by atoms with Crippen molar-refractivity contribution in [2.75, 3.05) is 20.3 Å². The van der Waals surface area contributed by atoms with Crippen LogP contribution in [0.5, 0.6) is 0 Å². The zero-order valence-electron chi connectivity index (χ0n) is 12.7. The largest absolute Gasteiger partial charge is 0.463 e. The first-order valence-corrected chi connectivity index (χ1v) is 7.41. The molecule has 0 aliphatic carbocycles. The molecule has 2 aromatic carbocycles. The highest BCUT2D eigenvalue weighted by Crippen LogP contribution is 2.32. The van der Waals surface area contributed by atoms with Crippen LogP contribution in [0, 0.1) is 5.41 Å². The predicted molar refractivity (Wildman–Crippen MR) is 86.7 cm³/mol. The molecule has 1 aliphatic rings. The summed E-state index contributed by atoms with van der Waals surface area (Å²) in [5.41, 5.74) is 4.91. The summed E-state index contributed by atoms with van der Waals surface area (Å²) in [5, 5.41) is 8.19. The highest BCUT2D eigenvalue weighted by atomic mass is 16.5. The lowest BCUT2D eigenvalue weighted by Gasteiger charge is -2.23. The van der Waals surface area contributed by atoms with Gasteiger partial charge in [-0.05, 0) is 22.3 Å². The molecule has 4 heteroatoms. The Balaban J connectivity index is 1.90. The Morgan fingerprint density at radius 2 is 1.50 bits per heavy atom. The van der Waals surface area contributed by atoms with Gasteiger partial charge in [0.05, 0.1) is 6.61 Å². The molecule has 0 fully saturated rings. The number of nitrogens with zero attached hydrogens (tertiary/aromatic N) is 1. The first-order chi connectivity index (χ1) is 10.8. The fourth-order valence-electron chi connectivity index (χ4n) is 2.77. The van der Waals surface area contributed by atoms with Gasteiger partial charge in [0.1, 0.15) is 6.61 Å². The lowest BCUT2D eigenvalue weighted by Crippen LogP contribution is -2.31. The van der Waals surface area contributed by atoms with Crippen LogP contribution < -0.4 is 0 Å². The Labute approximate surface area is 130 Å². The second kappa shape index (κ2) is 6.62. The molecule has 0 saturated heterocycles. The van der Waals surface area contributed by atoms with Crippen LogP contribution in [0.25, 0.3) is 11.1 Å². The van der Waals surface area contributed by atoms with E-state index in [2.05, 4.69) is 36.4 Å². The first kappa shape index (κ1) is 14.6. The zero-order chi connectivity index (χ0) is 15.4. The maximum Gasteiger partial charge on any atom is 0.285 e. The van der Waals surface area contributed by atoms with Crippen molar-refractivity contribution < 1.29 is 9.47 Å². The Hall–Kier alpha value is -2.33. The second-order valence-electron chi connectivity index (χ2n) is 5.32. The number of rotatable bonds is 3. The van der Waals surface area contributed by atoms with Gasteiger partial charge in [-0.3, -0.25) is 5.41 Å². The molecule has 0 radical (unpaired) electrons. The number of benzene rings is 2. The van der Waals surface area contributed by atoms with Crippen LogP contribution in [0.2, 0.25) is 0 Å². The number of methoxy groups -OCH3 is 1. The van der Waals surface area contributed by atoms with Crippen molar-refractivity contribution in [3.05, 3.63) is 59.7 Å². The highest BCUT2D eigenvalue weighted by molar-refractivity contribution is 5.76. The maximum atomic E-state index is 8.19. The van der Waals surface area contributed by atoms with Gasteiger partial charge < -0.3 is 14.4 Å². The molecule has 2 aromatic rings. The van der Waals surface area contributed by atoms with E-state index in [1.54, 1.807) is 7.11 Å². The lowest BCUT2D eigenvalue weighted by molar-refractivity contribution is 0.123. The fourth-order valence-corrected chi connectivity index (χ4v) is 2.77. The summed E-state index contributed by atoms with van der Waals surface area (Å²) in [5.74, 6) is 0. The summed E-state index contributed by atoms with van der Waals surface area (Å²) in [6.45, 7) is 2.24. The summed E-state index contributed by atoms with van der Waals surface area (Å²) < 4.78 is 10.5. The van der Waals surface area contributed by atoms with Gasteiger partial charge in [-0.2, -0.15) is 0 Å². The molecule has 114 valence electrons. The van der Waals surface area contributed by atoms with E-state index in [0.29, 0.717) is 26.3 Å². The van der Waals surface area contributed by atoms with Crippen LogP contribution in [-0.2, 0) is 22.6 Å². The molecule has 0 unspecified atom stereocenters. The van der Waals surface area contributed by atoms with Crippen LogP contribution >= 0.6 is 0 Å². The molecule has 0 aromatic heterocycles. The maximum absolute atomic E-state index is 8.19. The molecular weight excluding hydrogens is 276 g/mol. The van der Waals surface area contributed by atoms with Gasteiger partial charge in [0.2, 0.25) is 0 Å². The average Bonchev–Trinajstić information content (AvgIpc) is 2.72. The molecule has 1 heterocycles. The first-order valence-electron chi connectivity index (χ1n) is 7.41. The third kappa shape index (κ3) is 2.97. The molecule has 0 bridgehead atoms. The quantitative estimate of drug-likeness (QED) is 0.537. The Morgan fingerprint density at radius 3 is 2.05 bits per heavy atom. The van der Waals surface area contributed by atoms with Gasteiger partial charge in [-0.1, -0.05) is 48.5 Å². The number of fused-ring (bicyclic) bond motifs is 3. The molecule has 3 rings (SSSR count). The van der Waals surface area contributed by atoms with Crippen LogP contribution in [0.1, 0.15) is 11.1 Å². The molecule has 0 amide bonds. The minimum Gasteiger partial charge on any atom is -0.463 e. The summed E-state index contributed by atoms with van der Waals surface area (Å²) in [6.07, 6.45) is 0. The number of hydrogen-bond donors (Lipinski definition) is 1. The van der Waals surface area contributed by atoms with Crippen molar-refractivity contribution in [3.8, 4) is 11.1 Å². The number of nitrogens with one attached hydrogen (secondary N) is 1. The van der Waals surface area contributed by atoms with E-state index in [1.807, 2.05) is 17.0 Å². The number of ether oxygens (including phenoxy) is 2. The summed E-state index contributed by atoms with van der Waals surface area (Å²) in [4.78, 5) is 1.96. The summed E-state index contributed by atoms with van der Waals surface area (Å²) in [6, 6.07) is 16.9. The van der Waals surface area contributed by atoms with E-state index in [9.17, 15) is 0 Å². The van der Waals surface area contributed by atoms with E-state index in [-0.39, 0.29) is 6.02 Å². The summed E-state index contributed by atoms with van der Waals surface area (Å²) >= 11 is 0. The Morgan fingerprint density at radius 1 is 0.955 bits per heavy atom. The van der Waals surface area contributed by atoms with E-state index >= 15 is 0 Å². The van der Waals surface area contributed by atoms with Crippen molar-refractivity contribution in [3.63, 3.8) is 0 Å². The normalized spacial score (nSPS) is 13.0. The molecule has 1 N–H and O–H groups in total. The van der Waals surface area contributed by atoms with Gasteiger partial charge in [0.25, 0.3) is 6.02 Å². The highest BCUT2D eigenvalue weighted by Gasteiger charge is 2.21. The standard InChI is InChI=1S/C18H20N2O2/c1-21-10-11-22-18(19)20-12-14-6-2-4-8-16(14)17-9-5-3-7-15(17)13-20/h2-9,19H,10-13H2,1H3. The van der Waals surface area contributed by atoms with E-state index in [0.717, 1.165) is 0 Å². The van der Waals surface area contributed by atoms with Crippen molar-refractivity contribution in [1.29, 1.82) is 5.41 Å². The number of hydrogen-bond acceptors (Lipinski definition) is 3. The lowest BCUT2D eigenvalue weighted by atomic mass is 9.97. The molecular formula is C18H20N2O2. The van der Waals surface area contributed by atoms with Crippen LogP contribution in [-0.4, -0.2) is 31.2 Å². The van der Waals surface area contributed by atoms with Crippen LogP contribution in [0.3, 0.4) is 0 Å². The third-order valence-electron chi connectivity index (χ3n) is 3.86. The third-order valence-corrected chi connectivity index (χ3v) is 3.86. The number of amidine groups is 1. The molecule has 0 saturated carbocycles. The fraction of sp³-hybridized carbons (Fsp3) is 0.278. The predicted octanol–water partition coefficient (Wildman–Crippen LogP) is 3.27. The molecule has 1 aliphatic heterocycles.